The van der Waals surface area contributed by atoms with Crippen molar-refractivity contribution in [2.75, 3.05) is 0 Å². The number of aryl methyl sites for hydroxylation is 1. The number of carbonyl (C=O) groups is 1. The lowest BCUT2D eigenvalue weighted by Gasteiger charge is -2.18. The van der Waals surface area contributed by atoms with Crippen LogP contribution in [0, 0.1) is 6.92 Å². The van der Waals surface area contributed by atoms with Crippen molar-refractivity contribution in [3.05, 3.63) is 40.3 Å². The Bertz CT molecular complexity index is 638. The molecule has 1 saturated carbocycles. The van der Waals surface area contributed by atoms with E-state index >= 15 is 0 Å². The number of aromatic amines is 1. The molecule has 1 aromatic heterocycles. The highest BCUT2D eigenvalue weighted by Gasteiger charge is 2.23. The smallest absolute Gasteiger partial charge is 0.132 e. The summed E-state index contributed by atoms with van der Waals surface area (Å²) < 4.78 is 1.06. The SMILES string of the molecule is Cc1[nH]c(C2CCC(=O)CC2)nc1-c1cccc(Br)c1. The Kier molecular flexibility index (Phi) is 3.74. The molecule has 1 aliphatic rings. The van der Waals surface area contributed by atoms with E-state index in [4.69, 9.17) is 4.98 Å². The molecule has 3 rings (SSSR count). The van der Waals surface area contributed by atoms with Gasteiger partial charge in [-0.3, -0.25) is 4.79 Å². The highest BCUT2D eigenvalue weighted by atomic mass is 79.9. The van der Waals surface area contributed by atoms with E-state index in [9.17, 15) is 4.79 Å². The summed E-state index contributed by atoms with van der Waals surface area (Å²) >= 11 is 3.50. The van der Waals surface area contributed by atoms with Crippen LogP contribution in [-0.2, 0) is 4.79 Å². The zero-order chi connectivity index (χ0) is 14.1. The summed E-state index contributed by atoms with van der Waals surface area (Å²) in [6.45, 7) is 2.06. The Morgan fingerprint density at radius 2 is 2.05 bits per heavy atom. The molecular formula is C16H17BrN2O. The summed E-state index contributed by atoms with van der Waals surface area (Å²) in [5.41, 5.74) is 3.22. The van der Waals surface area contributed by atoms with Crippen LogP contribution in [0.25, 0.3) is 11.3 Å². The summed E-state index contributed by atoms with van der Waals surface area (Å²) in [6, 6.07) is 8.19. The van der Waals surface area contributed by atoms with Crippen molar-refractivity contribution in [1.29, 1.82) is 0 Å². The lowest BCUT2D eigenvalue weighted by Crippen LogP contribution is -2.13. The van der Waals surface area contributed by atoms with Crippen LogP contribution in [0.3, 0.4) is 0 Å². The molecule has 0 radical (unpaired) electrons. The lowest BCUT2D eigenvalue weighted by atomic mass is 9.88. The normalized spacial score (nSPS) is 16.6. The number of H-pyrrole nitrogens is 1. The third-order valence-electron chi connectivity index (χ3n) is 3.93. The van der Waals surface area contributed by atoms with Crippen molar-refractivity contribution < 1.29 is 4.79 Å². The minimum absolute atomic E-state index is 0.386. The third kappa shape index (κ3) is 2.70. The molecule has 0 spiro atoms. The van der Waals surface area contributed by atoms with Crippen molar-refractivity contribution in [3.8, 4) is 11.3 Å². The van der Waals surface area contributed by atoms with Gasteiger partial charge in [0, 0.05) is 34.5 Å². The molecule has 0 amide bonds. The molecule has 0 atom stereocenters. The van der Waals surface area contributed by atoms with Crippen LogP contribution in [0.1, 0.15) is 43.1 Å². The minimum Gasteiger partial charge on any atom is -0.345 e. The summed E-state index contributed by atoms with van der Waals surface area (Å²) in [5, 5.41) is 0. The van der Waals surface area contributed by atoms with E-state index in [1.807, 2.05) is 12.1 Å². The molecular weight excluding hydrogens is 316 g/mol. The second-order valence-electron chi connectivity index (χ2n) is 5.42. The summed E-state index contributed by atoms with van der Waals surface area (Å²) in [6.07, 6.45) is 3.22. The van der Waals surface area contributed by atoms with Crippen LogP contribution < -0.4 is 0 Å². The molecule has 4 heteroatoms. The summed E-state index contributed by atoms with van der Waals surface area (Å²) in [7, 11) is 0. The molecule has 0 unspecified atom stereocenters. The number of nitrogens with one attached hydrogen (secondary N) is 1. The second-order valence-corrected chi connectivity index (χ2v) is 6.33. The molecule has 104 valence electrons. The first-order chi connectivity index (χ1) is 9.63. The van der Waals surface area contributed by atoms with Crippen molar-refractivity contribution in [3.63, 3.8) is 0 Å². The Balaban J connectivity index is 1.89. The average Bonchev–Trinajstić information content (AvgIpc) is 2.82. The maximum atomic E-state index is 11.3. The van der Waals surface area contributed by atoms with E-state index in [0.29, 0.717) is 24.5 Å². The highest BCUT2D eigenvalue weighted by molar-refractivity contribution is 9.10. The molecule has 1 N–H and O–H groups in total. The number of halogens is 1. The third-order valence-corrected chi connectivity index (χ3v) is 4.42. The first-order valence-electron chi connectivity index (χ1n) is 6.97. The quantitative estimate of drug-likeness (QED) is 0.887. The number of aromatic nitrogens is 2. The predicted molar refractivity (Wildman–Crippen MR) is 82.7 cm³/mol. The maximum Gasteiger partial charge on any atom is 0.132 e. The van der Waals surface area contributed by atoms with Crippen LogP contribution in [0.4, 0.5) is 0 Å². The molecule has 3 nitrogen and oxygen atoms in total. The molecule has 0 aliphatic heterocycles. The fraction of sp³-hybridized carbons (Fsp3) is 0.375. The summed E-state index contributed by atoms with van der Waals surface area (Å²) in [4.78, 5) is 19.5. The highest BCUT2D eigenvalue weighted by Crippen LogP contribution is 2.32. The van der Waals surface area contributed by atoms with Crippen LogP contribution in [0.5, 0.6) is 0 Å². The van der Waals surface area contributed by atoms with Gasteiger partial charge in [0.25, 0.3) is 0 Å². The number of imidazole rings is 1. The van der Waals surface area contributed by atoms with Gasteiger partial charge in [-0.1, -0.05) is 28.1 Å². The van der Waals surface area contributed by atoms with Gasteiger partial charge in [-0.2, -0.15) is 0 Å². The fourth-order valence-corrected chi connectivity index (χ4v) is 3.21. The van der Waals surface area contributed by atoms with Gasteiger partial charge in [0.1, 0.15) is 11.6 Å². The van der Waals surface area contributed by atoms with Gasteiger partial charge in [0.05, 0.1) is 5.69 Å². The number of ketones is 1. The number of benzene rings is 1. The van der Waals surface area contributed by atoms with Gasteiger partial charge in [0.15, 0.2) is 0 Å². The van der Waals surface area contributed by atoms with Crippen LogP contribution in [-0.4, -0.2) is 15.8 Å². The number of nitrogens with zero attached hydrogens (tertiary/aromatic N) is 1. The van der Waals surface area contributed by atoms with Crippen molar-refractivity contribution in [1.82, 2.24) is 9.97 Å². The van der Waals surface area contributed by atoms with Crippen LogP contribution in [0.15, 0.2) is 28.7 Å². The van der Waals surface area contributed by atoms with E-state index in [-0.39, 0.29) is 0 Å². The van der Waals surface area contributed by atoms with Gasteiger partial charge in [-0.25, -0.2) is 4.98 Å². The maximum absolute atomic E-state index is 11.3. The number of carbonyl (C=O) groups excluding carboxylic acids is 1. The van der Waals surface area contributed by atoms with E-state index in [2.05, 4.69) is 40.0 Å². The largest absolute Gasteiger partial charge is 0.345 e. The Hall–Kier alpha value is -1.42. The molecule has 2 aromatic rings. The standard InChI is InChI=1S/C16H17BrN2O/c1-10-15(12-3-2-4-13(17)9-12)19-16(18-10)11-5-7-14(20)8-6-11/h2-4,9,11H,5-8H2,1H3,(H,18,19). The van der Waals surface area contributed by atoms with Crippen LogP contribution >= 0.6 is 15.9 Å². The molecule has 1 heterocycles. The minimum atomic E-state index is 0.386. The molecule has 0 saturated heterocycles. The second kappa shape index (κ2) is 5.52. The average molecular weight is 333 g/mol. The van der Waals surface area contributed by atoms with Gasteiger partial charge < -0.3 is 4.98 Å². The van der Waals surface area contributed by atoms with E-state index < -0.39 is 0 Å². The number of rotatable bonds is 2. The monoisotopic (exact) mass is 332 g/mol. The molecule has 1 fully saturated rings. The molecule has 0 bridgehead atoms. The van der Waals surface area contributed by atoms with Crippen LogP contribution in [0.2, 0.25) is 0 Å². The Morgan fingerprint density at radius 3 is 2.75 bits per heavy atom. The fourth-order valence-electron chi connectivity index (χ4n) is 2.81. The Morgan fingerprint density at radius 1 is 1.30 bits per heavy atom. The van der Waals surface area contributed by atoms with Gasteiger partial charge in [-0.15, -0.1) is 0 Å². The molecule has 20 heavy (non-hydrogen) atoms. The first-order valence-corrected chi connectivity index (χ1v) is 7.77. The van der Waals surface area contributed by atoms with Gasteiger partial charge in [-0.05, 0) is 31.9 Å². The predicted octanol–water partition coefficient (Wildman–Crippen LogP) is 4.37. The first kappa shape index (κ1) is 13.6. The van der Waals surface area contributed by atoms with Crippen molar-refractivity contribution in [2.45, 2.75) is 38.5 Å². The Labute approximate surface area is 126 Å². The van der Waals surface area contributed by atoms with E-state index in [1.54, 1.807) is 0 Å². The number of Topliss-reactive ketones (excluding diaryl/α,β-unsaturated/α-hetero) is 1. The lowest BCUT2D eigenvalue weighted by molar-refractivity contribution is -0.120. The van der Waals surface area contributed by atoms with E-state index in [0.717, 1.165) is 40.1 Å². The number of hydrogen-bond acceptors (Lipinski definition) is 2. The van der Waals surface area contributed by atoms with Gasteiger partial charge >= 0.3 is 0 Å². The number of hydrogen-bond donors (Lipinski definition) is 1. The molecule has 1 aromatic carbocycles. The molecule has 1 aliphatic carbocycles. The van der Waals surface area contributed by atoms with E-state index in [1.165, 1.54) is 0 Å². The van der Waals surface area contributed by atoms with Gasteiger partial charge in [0.2, 0.25) is 0 Å². The van der Waals surface area contributed by atoms with Crippen molar-refractivity contribution in [2.24, 2.45) is 0 Å². The summed E-state index contributed by atoms with van der Waals surface area (Å²) in [5.74, 6) is 1.81. The zero-order valence-corrected chi connectivity index (χ0v) is 13.0. The van der Waals surface area contributed by atoms with Crippen molar-refractivity contribution >= 4 is 21.7 Å². The zero-order valence-electron chi connectivity index (χ0n) is 11.4. The topological polar surface area (TPSA) is 45.8 Å².